The third-order valence-electron chi connectivity index (χ3n) is 4.43. The van der Waals surface area contributed by atoms with Crippen LogP contribution in [-0.4, -0.2) is 45.5 Å². The molecule has 1 aliphatic heterocycles. The van der Waals surface area contributed by atoms with Crippen LogP contribution in [0.1, 0.15) is 13.8 Å². The first-order valence-electron chi connectivity index (χ1n) is 9.16. The third-order valence-corrected chi connectivity index (χ3v) is 4.69. The third kappa shape index (κ3) is 4.37. The van der Waals surface area contributed by atoms with Crippen molar-refractivity contribution in [3.63, 3.8) is 0 Å². The number of nitrogens with zero attached hydrogens (tertiary/aromatic N) is 5. The second-order valence-electron chi connectivity index (χ2n) is 6.87. The Balaban J connectivity index is 1.53. The van der Waals surface area contributed by atoms with Gasteiger partial charge in [-0.2, -0.15) is 10.1 Å². The van der Waals surface area contributed by atoms with Gasteiger partial charge in [0.05, 0.1) is 18.4 Å². The van der Waals surface area contributed by atoms with Crippen molar-refractivity contribution in [3.8, 4) is 11.1 Å². The molecule has 0 radical (unpaired) electrons. The Morgan fingerprint density at radius 1 is 1.04 bits per heavy atom. The highest BCUT2D eigenvalue weighted by molar-refractivity contribution is 6.30. The van der Waals surface area contributed by atoms with E-state index in [4.69, 9.17) is 16.3 Å². The van der Waals surface area contributed by atoms with Crippen molar-refractivity contribution < 1.29 is 4.74 Å². The Morgan fingerprint density at radius 3 is 2.54 bits per heavy atom. The number of hydrogen-bond acceptors (Lipinski definition) is 7. The summed E-state index contributed by atoms with van der Waals surface area (Å²) < 4.78 is 5.79. The van der Waals surface area contributed by atoms with Crippen LogP contribution in [0.5, 0.6) is 0 Å². The van der Waals surface area contributed by atoms with Gasteiger partial charge in [0.1, 0.15) is 5.82 Å². The quantitative estimate of drug-likeness (QED) is 0.715. The summed E-state index contributed by atoms with van der Waals surface area (Å²) in [6.07, 6.45) is 3.75. The van der Waals surface area contributed by atoms with Crippen molar-refractivity contribution >= 4 is 29.2 Å². The Bertz CT molecular complexity index is 941. The summed E-state index contributed by atoms with van der Waals surface area (Å²) in [5.74, 6) is 1.95. The van der Waals surface area contributed by atoms with Gasteiger partial charge in [-0.25, -0.2) is 4.98 Å². The molecule has 0 aliphatic carbocycles. The number of nitrogens with one attached hydrogen (secondary N) is 1. The Kier molecular flexibility index (Phi) is 5.36. The van der Waals surface area contributed by atoms with Gasteiger partial charge >= 0.3 is 0 Å². The fourth-order valence-corrected chi connectivity index (χ4v) is 3.40. The maximum Gasteiger partial charge on any atom is 0.227 e. The first kappa shape index (κ1) is 18.6. The minimum atomic E-state index is 0.144. The number of benzene rings is 1. The summed E-state index contributed by atoms with van der Waals surface area (Å²) in [6, 6.07) is 11.3. The summed E-state index contributed by atoms with van der Waals surface area (Å²) in [4.78, 5) is 11.2. The van der Waals surface area contributed by atoms with E-state index in [9.17, 15) is 0 Å². The normalized spacial score (nSPS) is 19.5. The van der Waals surface area contributed by atoms with Crippen LogP contribution in [0.3, 0.4) is 0 Å². The van der Waals surface area contributed by atoms with E-state index >= 15 is 0 Å². The van der Waals surface area contributed by atoms with Crippen LogP contribution in [0.25, 0.3) is 11.1 Å². The van der Waals surface area contributed by atoms with Gasteiger partial charge in [-0.1, -0.05) is 23.7 Å². The largest absolute Gasteiger partial charge is 0.372 e. The van der Waals surface area contributed by atoms with E-state index < -0.39 is 0 Å². The van der Waals surface area contributed by atoms with Crippen molar-refractivity contribution in [1.29, 1.82) is 0 Å². The lowest BCUT2D eigenvalue weighted by molar-refractivity contribution is -0.00571. The van der Waals surface area contributed by atoms with Gasteiger partial charge in [0, 0.05) is 29.9 Å². The molecule has 144 valence electrons. The molecule has 0 saturated carbocycles. The predicted molar refractivity (Wildman–Crippen MR) is 110 cm³/mol. The standard InChI is InChI=1S/C20H21ClN6O/c1-13-11-27(12-14(2)28-13)20-22-8-7-18(25-20)24-19-9-16(10-23-26-19)15-3-5-17(21)6-4-15/h3-10,13-14H,11-12H2,1-2H3,(H,22,24,25,26)/t13-,14+. The first-order chi connectivity index (χ1) is 13.6. The SMILES string of the molecule is C[C@@H]1CN(c2nccc(Nc3cc(-c4ccc(Cl)cc4)cnn3)n2)C[C@H](C)O1. The molecule has 1 fully saturated rings. The number of rotatable bonds is 4. The van der Waals surface area contributed by atoms with E-state index in [2.05, 4.69) is 44.2 Å². The molecule has 3 aromatic rings. The van der Waals surface area contributed by atoms with E-state index in [1.165, 1.54) is 0 Å². The minimum absolute atomic E-state index is 0.144. The molecule has 3 heterocycles. The van der Waals surface area contributed by atoms with Crippen molar-refractivity contribution in [2.45, 2.75) is 26.1 Å². The molecule has 0 amide bonds. The van der Waals surface area contributed by atoms with Crippen LogP contribution >= 0.6 is 11.6 Å². The molecule has 0 bridgehead atoms. The molecule has 28 heavy (non-hydrogen) atoms. The lowest BCUT2D eigenvalue weighted by atomic mass is 10.1. The van der Waals surface area contributed by atoms with E-state index in [1.807, 2.05) is 36.4 Å². The molecule has 1 aliphatic rings. The van der Waals surface area contributed by atoms with Crippen molar-refractivity contribution in [2.24, 2.45) is 0 Å². The molecule has 4 rings (SSSR count). The second-order valence-corrected chi connectivity index (χ2v) is 7.30. The smallest absolute Gasteiger partial charge is 0.227 e. The summed E-state index contributed by atoms with van der Waals surface area (Å²) in [5.41, 5.74) is 1.96. The highest BCUT2D eigenvalue weighted by Gasteiger charge is 2.24. The molecular formula is C20H21ClN6O. The maximum absolute atomic E-state index is 5.97. The average molecular weight is 397 g/mol. The molecule has 1 saturated heterocycles. The van der Waals surface area contributed by atoms with Crippen molar-refractivity contribution in [2.75, 3.05) is 23.3 Å². The average Bonchev–Trinajstić information content (AvgIpc) is 2.68. The predicted octanol–water partition coefficient (Wildman–Crippen LogP) is 3.94. The number of hydrogen-bond donors (Lipinski definition) is 1. The summed E-state index contributed by atoms with van der Waals surface area (Å²) in [7, 11) is 0. The molecule has 2 atom stereocenters. The molecule has 1 N–H and O–H groups in total. The first-order valence-corrected chi connectivity index (χ1v) is 9.54. The van der Waals surface area contributed by atoms with Crippen molar-refractivity contribution in [3.05, 3.63) is 53.8 Å². The Labute approximate surface area is 168 Å². The monoisotopic (exact) mass is 396 g/mol. The minimum Gasteiger partial charge on any atom is -0.372 e. The number of ether oxygens (including phenoxy) is 1. The summed E-state index contributed by atoms with van der Waals surface area (Å²) in [6.45, 7) is 5.64. The van der Waals surface area contributed by atoms with Gasteiger partial charge in [-0.3, -0.25) is 0 Å². The van der Waals surface area contributed by atoms with Crippen molar-refractivity contribution in [1.82, 2.24) is 20.2 Å². The summed E-state index contributed by atoms with van der Waals surface area (Å²) >= 11 is 5.97. The van der Waals surface area contributed by atoms with Gasteiger partial charge in [0.15, 0.2) is 5.82 Å². The van der Waals surface area contributed by atoms with Crippen LogP contribution in [0, 0.1) is 0 Å². The van der Waals surface area contributed by atoms with Gasteiger partial charge < -0.3 is 15.0 Å². The summed E-state index contributed by atoms with van der Waals surface area (Å²) in [5, 5.41) is 12.2. The zero-order chi connectivity index (χ0) is 19.5. The molecular weight excluding hydrogens is 376 g/mol. The molecule has 8 heteroatoms. The zero-order valence-electron chi connectivity index (χ0n) is 15.7. The topological polar surface area (TPSA) is 76.1 Å². The van der Waals surface area contributed by atoms with Crippen LogP contribution < -0.4 is 10.2 Å². The van der Waals surface area contributed by atoms with Crippen LogP contribution in [0.15, 0.2) is 48.8 Å². The maximum atomic E-state index is 5.97. The van der Waals surface area contributed by atoms with Gasteiger partial charge in [-0.15, -0.1) is 5.10 Å². The van der Waals surface area contributed by atoms with E-state index in [-0.39, 0.29) is 12.2 Å². The fraction of sp³-hybridized carbons (Fsp3) is 0.300. The highest BCUT2D eigenvalue weighted by Crippen LogP contribution is 2.24. The van der Waals surface area contributed by atoms with Gasteiger partial charge in [-0.05, 0) is 43.7 Å². The lowest BCUT2D eigenvalue weighted by Crippen LogP contribution is -2.46. The molecule has 0 spiro atoms. The van der Waals surface area contributed by atoms with Crippen LogP contribution in [0.2, 0.25) is 5.02 Å². The Morgan fingerprint density at radius 2 is 1.79 bits per heavy atom. The number of morpholine rings is 1. The van der Waals surface area contributed by atoms with E-state index in [0.29, 0.717) is 22.6 Å². The number of halogens is 1. The molecule has 2 aromatic heterocycles. The molecule has 0 unspecified atom stereocenters. The van der Waals surface area contributed by atoms with Gasteiger partial charge in [0.2, 0.25) is 5.95 Å². The van der Waals surface area contributed by atoms with E-state index in [1.54, 1.807) is 12.4 Å². The second kappa shape index (κ2) is 8.08. The van der Waals surface area contributed by atoms with Crippen LogP contribution in [-0.2, 0) is 4.74 Å². The highest BCUT2D eigenvalue weighted by atomic mass is 35.5. The van der Waals surface area contributed by atoms with E-state index in [0.717, 1.165) is 24.2 Å². The molecule has 7 nitrogen and oxygen atoms in total. The zero-order valence-corrected chi connectivity index (χ0v) is 16.5. The fourth-order valence-electron chi connectivity index (χ4n) is 3.27. The number of aromatic nitrogens is 4. The lowest BCUT2D eigenvalue weighted by Gasteiger charge is -2.35. The Hall–Kier alpha value is -2.77. The van der Waals surface area contributed by atoms with Crippen LogP contribution in [0.4, 0.5) is 17.6 Å². The van der Waals surface area contributed by atoms with Gasteiger partial charge in [0.25, 0.3) is 0 Å². The number of anilines is 3. The molecule has 1 aromatic carbocycles.